The Kier molecular flexibility index (Phi) is 3.80. The average molecular weight is 257 g/mol. The highest BCUT2D eigenvalue weighted by molar-refractivity contribution is 6.04. The van der Waals surface area contributed by atoms with Crippen molar-refractivity contribution >= 4 is 28.2 Å². The molecule has 0 saturated carbocycles. The topological polar surface area (TPSA) is 55.4 Å². The van der Waals surface area contributed by atoms with E-state index in [-0.39, 0.29) is 18.1 Å². The molecule has 4 heteroatoms. The summed E-state index contributed by atoms with van der Waals surface area (Å²) in [7, 11) is 1.62. The van der Waals surface area contributed by atoms with Crippen LogP contribution < -0.4 is 10.1 Å². The monoisotopic (exact) mass is 257 g/mol. The number of rotatable bonds is 4. The molecule has 19 heavy (non-hydrogen) atoms. The summed E-state index contributed by atoms with van der Waals surface area (Å²) in [5, 5.41) is 4.74. The van der Waals surface area contributed by atoms with Crippen LogP contribution in [0.3, 0.4) is 0 Å². The van der Waals surface area contributed by atoms with Gasteiger partial charge in [0.05, 0.1) is 13.5 Å². The highest BCUT2D eigenvalue weighted by Gasteiger charge is 2.06. The van der Waals surface area contributed by atoms with Crippen LogP contribution in [0.1, 0.15) is 13.3 Å². The second-order valence-corrected chi connectivity index (χ2v) is 4.35. The van der Waals surface area contributed by atoms with Gasteiger partial charge < -0.3 is 10.1 Å². The Bertz CT molecular complexity index is 634. The van der Waals surface area contributed by atoms with Gasteiger partial charge in [0.25, 0.3) is 0 Å². The molecule has 0 aliphatic heterocycles. The normalized spacial score (nSPS) is 10.2. The zero-order chi connectivity index (χ0) is 13.8. The number of hydrogen-bond acceptors (Lipinski definition) is 3. The molecule has 0 heterocycles. The van der Waals surface area contributed by atoms with Gasteiger partial charge in [0.2, 0.25) is 5.91 Å². The summed E-state index contributed by atoms with van der Waals surface area (Å²) < 4.78 is 5.15. The first-order valence-corrected chi connectivity index (χ1v) is 5.95. The number of hydrogen-bond donors (Lipinski definition) is 1. The zero-order valence-electron chi connectivity index (χ0n) is 10.9. The van der Waals surface area contributed by atoms with Crippen molar-refractivity contribution in [1.82, 2.24) is 0 Å². The van der Waals surface area contributed by atoms with E-state index < -0.39 is 0 Å². The van der Waals surface area contributed by atoms with E-state index >= 15 is 0 Å². The van der Waals surface area contributed by atoms with Crippen LogP contribution in [-0.4, -0.2) is 18.8 Å². The van der Waals surface area contributed by atoms with Crippen LogP contribution in [0.5, 0.6) is 5.75 Å². The van der Waals surface area contributed by atoms with Crippen molar-refractivity contribution in [2.75, 3.05) is 12.4 Å². The molecule has 0 saturated heterocycles. The van der Waals surface area contributed by atoms with E-state index in [0.717, 1.165) is 16.5 Å². The minimum Gasteiger partial charge on any atom is -0.497 e. The van der Waals surface area contributed by atoms with Crippen LogP contribution in [0.4, 0.5) is 5.69 Å². The van der Waals surface area contributed by atoms with E-state index in [2.05, 4.69) is 5.32 Å². The summed E-state index contributed by atoms with van der Waals surface area (Å²) in [6.07, 6.45) is -0.0966. The summed E-state index contributed by atoms with van der Waals surface area (Å²) in [5.41, 5.74) is 0.684. The number of methoxy groups -OCH3 is 1. The Labute approximate surface area is 111 Å². The minimum atomic E-state index is -0.291. The number of fused-ring (bicyclic) bond motifs is 1. The van der Waals surface area contributed by atoms with E-state index in [9.17, 15) is 9.59 Å². The lowest BCUT2D eigenvalue weighted by atomic mass is 10.1. The fourth-order valence-corrected chi connectivity index (χ4v) is 1.86. The van der Waals surface area contributed by atoms with Gasteiger partial charge >= 0.3 is 0 Å². The summed E-state index contributed by atoms with van der Waals surface area (Å²) in [5.74, 6) is 0.351. The first-order chi connectivity index (χ1) is 9.08. The highest BCUT2D eigenvalue weighted by Crippen LogP contribution is 2.23. The number of anilines is 1. The molecule has 0 atom stereocenters. The van der Waals surface area contributed by atoms with Crippen molar-refractivity contribution in [3.05, 3.63) is 36.4 Å². The van der Waals surface area contributed by atoms with Gasteiger partial charge in [0.15, 0.2) is 0 Å². The SMILES string of the molecule is COc1ccc2cc(NC(=O)CC(C)=O)ccc2c1. The largest absolute Gasteiger partial charge is 0.497 e. The van der Waals surface area contributed by atoms with Crippen LogP contribution in [0, 0.1) is 0 Å². The smallest absolute Gasteiger partial charge is 0.231 e. The molecule has 0 unspecified atom stereocenters. The maximum absolute atomic E-state index is 11.5. The lowest BCUT2D eigenvalue weighted by Gasteiger charge is -2.07. The summed E-state index contributed by atoms with van der Waals surface area (Å²) in [4.78, 5) is 22.4. The number of amides is 1. The molecule has 4 nitrogen and oxygen atoms in total. The minimum absolute atomic E-state index is 0.0966. The Hall–Kier alpha value is -2.36. The van der Waals surface area contributed by atoms with Gasteiger partial charge in [-0.05, 0) is 42.0 Å². The van der Waals surface area contributed by atoms with Crippen LogP contribution in [0.2, 0.25) is 0 Å². The quantitative estimate of drug-likeness (QED) is 0.857. The number of benzene rings is 2. The molecular weight excluding hydrogens is 242 g/mol. The highest BCUT2D eigenvalue weighted by atomic mass is 16.5. The van der Waals surface area contributed by atoms with Crippen molar-refractivity contribution in [2.45, 2.75) is 13.3 Å². The number of ketones is 1. The van der Waals surface area contributed by atoms with Gasteiger partial charge in [-0.2, -0.15) is 0 Å². The second kappa shape index (κ2) is 5.52. The van der Waals surface area contributed by atoms with Gasteiger partial charge in [-0.25, -0.2) is 0 Å². The third kappa shape index (κ3) is 3.31. The van der Waals surface area contributed by atoms with Gasteiger partial charge in [0.1, 0.15) is 11.5 Å². The molecule has 98 valence electrons. The van der Waals surface area contributed by atoms with E-state index in [1.807, 2.05) is 30.3 Å². The molecular formula is C15H15NO3. The fourth-order valence-electron chi connectivity index (χ4n) is 1.86. The van der Waals surface area contributed by atoms with E-state index in [4.69, 9.17) is 4.74 Å². The molecule has 0 aliphatic rings. The molecule has 1 N–H and O–H groups in total. The summed E-state index contributed by atoms with van der Waals surface area (Å²) in [6, 6.07) is 11.3. The van der Waals surface area contributed by atoms with Crippen LogP contribution >= 0.6 is 0 Å². The fraction of sp³-hybridized carbons (Fsp3) is 0.200. The second-order valence-electron chi connectivity index (χ2n) is 4.35. The van der Waals surface area contributed by atoms with Gasteiger partial charge in [-0.1, -0.05) is 12.1 Å². The third-order valence-electron chi connectivity index (χ3n) is 2.74. The zero-order valence-corrected chi connectivity index (χ0v) is 10.9. The standard InChI is InChI=1S/C15H15NO3/c1-10(17)7-15(18)16-13-5-3-12-9-14(19-2)6-4-11(12)8-13/h3-6,8-9H,7H2,1-2H3,(H,16,18). The Morgan fingerprint density at radius 2 is 1.79 bits per heavy atom. The molecule has 0 spiro atoms. The molecule has 2 aromatic carbocycles. The molecule has 0 bridgehead atoms. The number of ether oxygens (including phenoxy) is 1. The summed E-state index contributed by atoms with van der Waals surface area (Å²) in [6.45, 7) is 1.40. The summed E-state index contributed by atoms with van der Waals surface area (Å²) >= 11 is 0. The van der Waals surface area contributed by atoms with Crippen molar-refractivity contribution in [2.24, 2.45) is 0 Å². The van der Waals surface area contributed by atoms with Crippen LogP contribution in [-0.2, 0) is 9.59 Å². The molecule has 0 radical (unpaired) electrons. The lowest BCUT2D eigenvalue weighted by molar-refractivity contribution is -0.124. The van der Waals surface area contributed by atoms with Crippen molar-refractivity contribution in [3.8, 4) is 5.75 Å². The van der Waals surface area contributed by atoms with Crippen LogP contribution in [0.15, 0.2) is 36.4 Å². The third-order valence-corrected chi connectivity index (χ3v) is 2.74. The Morgan fingerprint density at radius 1 is 1.11 bits per heavy atom. The number of carbonyl (C=O) groups is 2. The average Bonchev–Trinajstić information content (AvgIpc) is 2.37. The number of Topliss-reactive ketones (excluding diaryl/α,β-unsaturated/α-hetero) is 1. The molecule has 2 aromatic rings. The van der Waals surface area contributed by atoms with Gasteiger partial charge in [-0.3, -0.25) is 9.59 Å². The first-order valence-electron chi connectivity index (χ1n) is 5.95. The molecule has 1 amide bonds. The van der Waals surface area contributed by atoms with Crippen LogP contribution in [0.25, 0.3) is 10.8 Å². The van der Waals surface area contributed by atoms with E-state index in [0.29, 0.717) is 5.69 Å². The number of carbonyl (C=O) groups excluding carboxylic acids is 2. The maximum Gasteiger partial charge on any atom is 0.231 e. The Balaban J connectivity index is 2.22. The van der Waals surface area contributed by atoms with E-state index in [1.165, 1.54) is 6.92 Å². The molecule has 2 rings (SSSR count). The van der Waals surface area contributed by atoms with Gasteiger partial charge in [-0.15, -0.1) is 0 Å². The predicted octanol–water partition coefficient (Wildman–Crippen LogP) is 2.77. The predicted molar refractivity (Wildman–Crippen MR) is 74.4 cm³/mol. The first kappa shape index (κ1) is 13.1. The van der Waals surface area contributed by atoms with Gasteiger partial charge in [0, 0.05) is 5.69 Å². The van der Waals surface area contributed by atoms with Crippen molar-refractivity contribution in [1.29, 1.82) is 0 Å². The van der Waals surface area contributed by atoms with Crippen molar-refractivity contribution < 1.29 is 14.3 Å². The number of nitrogens with one attached hydrogen (secondary N) is 1. The molecule has 0 aromatic heterocycles. The van der Waals surface area contributed by atoms with Crippen molar-refractivity contribution in [3.63, 3.8) is 0 Å². The lowest BCUT2D eigenvalue weighted by Crippen LogP contribution is -2.14. The Morgan fingerprint density at radius 3 is 2.47 bits per heavy atom. The molecule has 0 fully saturated rings. The molecule has 0 aliphatic carbocycles. The van der Waals surface area contributed by atoms with E-state index in [1.54, 1.807) is 13.2 Å². The maximum atomic E-state index is 11.5.